The van der Waals surface area contributed by atoms with Crippen molar-refractivity contribution in [1.82, 2.24) is 4.90 Å². The molecule has 1 aliphatic rings. The Morgan fingerprint density at radius 3 is 2.77 bits per heavy atom. The lowest BCUT2D eigenvalue weighted by molar-refractivity contribution is 0.0772. The summed E-state index contributed by atoms with van der Waals surface area (Å²) >= 11 is 0. The second-order valence-corrected chi connectivity index (χ2v) is 4.34. The minimum Gasteiger partial charge on any atom is -0.298 e. The highest BCUT2D eigenvalue weighted by Gasteiger charge is 2.28. The largest absolute Gasteiger partial charge is 0.298 e. The Bertz CT molecular complexity index is 193. The average Bonchev–Trinajstić information content (AvgIpc) is 2.08. The van der Waals surface area contributed by atoms with Gasteiger partial charge < -0.3 is 0 Å². The van der Waals surface area contributed by atoms with Gasteiger partial charge in [-0.25, -0.2) is 0 Å². The summed E-state index contributed by atoms with van der Waals surface area (Å²) in [6.07, 6.45) is 3.22. The molecular weight excluding hydrogens is 160 g/mol. The third-order valence-electron chi connectivity index (χ3n) is 3.21. The summed E-state index contributed by atoms with van der Waals surface area (Å²) < 4.78 is 0. The molecule has 0 spiro atoms. The SMILES string of the molecule is CC(C)N1CCCC(CC#N)C1C. The van der Waals surface area contributed by atoms with Gasteiger partial charge >= 0.3 is 0 Å². The monoisotopic (exact) mass is 180 g/mol. The first-order valence-corrected chi connectivity index (χ1v) is 5.29. The first-order valence-electron chi connectivity index (χ1n) is 5.29. The fourth-order valence-electron chi connectivity index (χ4n) is 2.37. The summed E-state index contributed by atoms with van der Waals surface area (Å²) in [6.45, 7) is 7.96. The summed E-state index contributed by atoms with van der Waals surface area (Å²) in [5.74, 6) is 0.598. The lowest BCUT2D eigenvalue weighted by Crippen LogP contribution is -2.46. The fourth-order valence-corrected chi connectivity index (χ4v) is 2.37. The lowest BCUT2D eigenvalue weighted by Gasteiger charge is -2.41. The van der Waals surface area contributed by atoms with Gasteiger partial charge in [0.2, 0.25) is 0 Å². The second kappa shape index (κ2) is 4.62. The van der Waals surface area contributed by atoms with E-state index in [0.717, 1.165) is 6.42 Å². The Morgan fingerprint density at radius 1 is 1.54 bits per heavy atom. The van der Waals surface area contributed by atoms with Gasteiger partial charge in [-0.1, -0.05) is 0 Å². The maximum absolute atomic E-state index is 8.69. The van der Waals surface area contributed by atoms with Crippen molar-refractivity contribution in [2.45, 2.75) is 52.1 Å². The van der Waals surface area contributed by atoms with E-state index in [1.165, 1.54) is 19.4 Å². The maximum Gasteiger partial charge on any atom is 0.0625 e. The highest BCUT2D eigenvalue weighted by Crippen LogP contribution is 2.27. The molecule has 1 saturated heterocycles. The zero-order valence-electron chi connectivity index (χ0n) is 8.95. The van der Waals surface area contributed by atoms with E-state index >= 15 is 0 Å². The molecule has 1 aliphatic heterocycles. The van der Waals surface area contributed by atoms with Gasteiger partial charge in [0.25, 0.3) is 0 Å². The molecule has 74 valence electrons. The van der Waals surface area contributed by atoms with Crippen molar-refractivity contribution in [3.63, 3.8) is 0 Å². The number of hydrogen-bond acceptors (Lipinski definition) is 2. The van der Waals surface area contributed by atoms with Crippen LogP contribution in [0.1, 0.15) is 40.0 Å². The van der Waals surface area contributed by atoms with Crippen LogP contribution in [0, 0.1) is 17.2 Å². The maximum atomic E-state index is 8.69. The Hall–Kier alpha value is -0.550. The molecule has 1 fully saturated rings. The van der Waals surface area contributed by atoms with Gasteiger partial charge in [-0.15, -0.1) is 0 Å². The molecule has 2 nitrogen and oxygen atoms in total. The highest BCUT2D eigenvalue weighted by molar-refractivity contribution is 4.88. The number of hydrogen-bond donors (Lipinski definition) is 0. The Kier molecular flexibility index (Phi) is 3.74. The van der Waals surface area contributed by atoms with E-state index < -0.39 is 0 Å². The summed E-state index contributed by atoms with van der Waals surface area (Å²) in [6, 6.07) is 3.51. The first-order chi connectivity index (χ1) is 6.16. The molecule has 0 N–H and O–H groups in total. The number of nitriles is 1. The van der Waals surface area contributed by atoms with Crippen molar-refractivity contribution >= 4 is 0 Å². The molecular formula is C11H20N2. The molecule has 0 aromatic heterocycles. The quantitative estimate of drug-likeness (QED) is 0.652. The van der Waals surface area contributed by atoms with Gasteiger partial charge in [0, 0.05) is 18.5 Å². The van der Waals surface area contributed by atoms with E-state index in [4.69, 9.17) is 5.26 Å². The molecule has 0 amide bonds. The van der Waals surface area contributed by atoms with Gasteiger partial charge in [0.05, 0.1) is 6.07 Å². The Morgan fingerprint density at radius 2 is 2.23 bits per heavy atom. The highest BCUT2D eigenvalue weighted by atomic mass is 15.2. The minimum absolute atomic E-state index is 0.591. The van der Waals surface area contributed by atoms with Crippen LogP contribution < -0.4 is 0 Å². The van der Waals surface area contributed by atoms with Crippen molar-refractivity contribution in [2.24, 2.45) is 5.92 Å². The van der Waals surface area contributed by atoms with Crippen LogP contribution in [0.2, 0.25) is 0 Å². The number of rotatable bonds is 2. The van der Waals surface area contributed by atoms with Crippen molar-refractivity contribution < 1.29 is 0 Å². The molecule has 0 aromatic rings. The summed E-state index contributed by atoms with van der Waals surface area (Å²) in [7, 11) is 0. The second-order valence-electron chi connectivity index (χ2n) is 4.34. The lowest BCUT2D eigenvalue weighted by atomic mass is 9.87. The average molecular weight is 180 g/mol. The Labute approximate surface area is 81.5 Å². The van der Waals surface area contributed by atoms with Gasteiger partial charge in [0.1, 0.15) is 0 Å². The third kappa shape index (κ3) is 2.45. The number of piperidine rings is 1. The van der Waals surface area contributed by atoms with Crippen molar-refractivity contribution in [3.05, 3.63) is 0 Å². The van der Waals surface area contributed by atoms with Crippen LogP contribution in [-0.2, 0) is 0 Å². The Balaban J connectivity index is 2.56. The molecule has 0 bridgehead atoms. The molecule has 0 radical (unpaired) electrons. The van der Waals surface area contributed by atoms with Crippen LogP contribution in [0.15, 0.2) is 0 Å². The van der Waals surface area contributed by atoms with Crippen molar-refractivity contribution in [1.29, 1.82) is 5.26 Å². The molecule has 0 aliphatic carbocycles. The minimum atomic E-state index is 0.591. The standard InChI is InChI=1S/C11H20N2/c1-9(2)13-8-4-5-11(6-7-12)10(13)3/h9-11H,4-6,8H2,1-3H3. The summed E-state index contributed by atoms with van der Waals surface area (Å²) in [5.41, 5.74) is 0. The van der Waals surface area contributed by atoms with E-state index in [2.05, 4.69) is 31.7 Å². The predicted molar refractivity (Wildman–Crippen MR) is 54.3 cm³/mol. The van der Waals surface area contributed by atoms with E-state index in [1.54, 1.807) is 0 Å². The predicted octanol–water partition coefficient (Wildman–Crippen LogP) is 2.41. The van der Waals surface area contributed by atoms with E-state index in [9.17, 15) is 0 Å². The smallest absolute Gasteiger partial charge is 0.0625 e. The van der Waals surface area contributed by atoms with Crippen LogP contribution >= 0.6 is 0 Å². The zero-order valence-corrected chi connectivity index (χ0v) is 8.95. The molecule has 1 heterocycles. The number of nitrogens with zero attached hydrogens (tertiary/aromatic N) is 2. The first kappa shape index (κ1) is 10.5. The van der Waals surface area contributed by atoms with E-state index in [1.807, 2.05) is 0 Å². The summed E-state index contributed by atoms with van der Waals surface area (Å²) in [5, 5.41) is 8.69. The molecule has 13 heavy (non-hydrogen) atoms. The molecule has 1 rings (SSSR count). The van der Waals surface area contributed by atoms with Crippen LogP contribution in [0.25, 0.3) is 0 Å². The van der Waals surface area contributed by atoms with Gasteiger partial charge in [0.15, 0.2) is 0 Å². The fraction of sp³-hybridized carbons (Fsp3) is 0.909. The molecule has 0 aromatic carbocycles. The zero-order chi connectivity index (χ0) is 9.84. The summed E-state index contributed by atoms with van der Waals surface area (Å²) in [4.78, 5) is 2.52. The van der Waals surface area contributed by atoms with Gasteiger partial charge in [-0.2, -0.15) is 5.26 Å². The molecule has 0 saturated carbocycles. The molecule has 2 unspecified atom stereocenters. The van der Waals surface area contributed by atoms with Crippen molar-refractivity contribution in [2.75, 3.05) is 6.54 Å². The van der Waals surface area contributed by atoms with Crippen LogP contribution in [0.5, 0.6) is 0 Å². The van der Waals surface area contributed by atoms with Gasteiger partial charge in [-0.05, 0) is 46.1 Å². The number of likely N-dealkylation sites (tertiary alicyclic amines) is 1. The molecule has 2 atom stereocenters. The van der Waals surface area contributed by atoms with Gasteiger partial charge in [-0.3, -0.25) is 4.90 Å². The van der Waals surface area contributed by atoms with Crippen LogP contribution in [0.3, 0.4) is 0 Å². The topological polar surface area (TPSA) is 27.0 Å². The van der Waals surface area contributed by atoms with E-state index in [-0.39, 0.29) is 0 Å². The normalized spacial score (nSPS) is 30.4. The van der Waals surface area contributed by atoms with Crippen LogP contribution in [-0.4, -0.2) is 23.5 Å². The van der Waals surface area contributed by atoms with Crippen molar-refractivity contribution in [3.8, 4) is 6.07 Å². The third-order valence-corrected chi connectivity index (χ3v) is 3.21. The van der Waals surface area contributed by atoms with Crippen LogP contribution in [0.4, 0.5) is 0 Å². The van der Waals surface area contributed by atoms with E-state index in [0.29, 0.717) is 18.0 Å². The molecule has 2 heteroatoms.